The first-order valence-corrected chi connectivity index (χ1v) is 12.2. The standard InChI is InChI=1S/C24H38N2O3S/c1-15-6-8-16(9-7-15)22(27)26(18-12-10-17(25)11-13-18)19-14-20(24(2,3)4)30-21(19)23(28)29-5/h14-18H,6-13,25H2,1-5H3/t15-,16-,17?,18?. The molecule has 6 heteroatoms. The second-order valence-corrected chi connectivity index (χ2v) is 11.4. The van der Waals surface area contributed by atoms with Crippen molar-refractivity contribution in [2.24, 2.45) is 17.6 Å². The van der Waals surface area contributed by atoms with Gasteiger partial charge in [0.2, 0.25) is 5.91 Å². The molecule has 0 bridgehead atoms. The van der Waals surface area contributed by atoms with Crippen LogP contribution >= 0.6 is 11.3 Å². The highest BCUT2D eigenvalue weighted by Crippen LogP contribution is 2.42. The molecule has 1 aromatic rings. The van der Waals surface area contributed by atoms with Gasteiger partial charge in [-0.05, 0) is 68.8 Å². The Morgan fingerprint density at radius 1 is 1.07 bits per heavy atom. The summed E-state index contributed by atoms with van der Waals surface area (Å²) in [5.41, 5.74) is 6.80. The molecular weight excluding hydrogens is 396 g/mol. The summed E-state index contributed by atoms with van der Waals surface area (Å²) in [5, 5.41) is 0. The first kappa shape index (κ1) is 23.3. The Kier molecular flexibility index (Phi) is 7.28. The maximum Gasteiger partial charge on any atom is 0.350 e. The Bertz CT molecular complexity index is 751. The van der Waals surface area contributed by atoms with E-state index in [0.29, 0.717) is 10.8 Å². The van der Waals surface area contributed by atoms with Crippen molar-refractivity contribution in [3.8, 4) is 0 Å². The van der Waals surface area contributed by atoms with Gasteiger partial charge in [0.1, 0.15) is 4.88 Å². The molecule has 0 spiro atoms. The van der Waals surface area contributed by atoms with Gasteiger partial charge >= 0.3 is 5.97 Å². The summed E-state index contributed by atoms with van der Waals surface area (Å²) in [6, 6.07) is 2.37. The van der Waals surface area contributed by atoms with Crippen LogP contribution < -0.4 is 10.6 Å². The van der Waals surface area contributed by atoms with Gasteiger partial charge in [0.15, 0.2) is 0 Å². The molecule has 0 aliphatic heterocycles. The third kappa shape index (κ3) is 5.08. The number of rotatable bonds is 4. The average Bonchev–Trinajstić information content (AvgIpc) is 3.15. The second-order valence-electron chi connectivity index (χ2n) is 10.3. The fourth-order valence-corrected chi connectivity index (χ4v) is 5.85. The maximum absolute atomic E-state index is 13.9. The third-order valence-electron chi connectivity index (χ3n) is 6.79. The minimum Gasteiger partial charge on any atom is -0.465 e. The SMILES string of the molecule is COC(=O)c1sc(C(C)(C)C)cc1N(C(=O)[C@H]1CC[C@H](C)CC1)C1CCC(N)CC1. The number of esters is 1. The number of methoxy groups -OCH3 is 1. The molecule has 1 heterocycles. The molecule has 0 saturated heterocycles. The van der Waals surface area contributed by atoms with Crippen LogP contribution in [0, 0.1) is 11.8 Å². The van der Waals surface area contributed by atoms with Gasteiger partial charge in [-0.1, -0.05) is 27.7 Å². The zero-order valence-corrected chi connectivity index (χ0v) is 20.0. The minimum atomic E-state index is -0.354. The predicted molar refractivity (Wildman–Crippen MR) is 123 cm³/mol. The van der Waals surface area contributed by atoms with Crippen LogP contribution in [-0.4, -0.2) is 31.1 Å². The van der Waals surface area contributed by atoms with Crippen LogP contribution in [0.2, 0.25) is 0 Å². The van der Waals surface area contributed by atoms with Crippen LogP contribution in [-0.2, 0) is 14.9 Å². The zero-order valence-electron chi connectivity index (χ0n) is 19.2. The molecule has 0 aromatic carbocycles. The number of amides is 1. The monoisotopic (exact) mass is 434 g/mol. The molecule has 0 radical (unpaired) electrons. The molecule has 0 unspecified atom stereocenters. The van der Waals surface area contributed by atoms with Crippen molar-refractivity contribution in [3.63, 3.8) is 0 Å². The first-order chi connectivity index (χ1) is 14.1. The van der Waals surface area contributed by atoms with Crippen molar-refractivity contribution in [3.05, 3.63) is 15.8 Å². The van der Waals surface area contributed by atoms with Crippen LogP contribution in [0.25, 0.3) is 0 Å². The number of thiophene rings is 1. The van der Waals surface area contributed by atoms with E-state index in [0.717, 1.165) is 61.9 Å². The lowest BCUT2D eigenvalue weighted by Crippen LogP contribution is -2.47. The Labute approximate surface area is 185 Å². The molecule has 2 saturated carbocycles. The normalized spacial score (nSPS) is 27.5. The molecule has 0 atom stereocenters. The van der Waals surface area contributed by atoms with Crippen LogP contribution in [0.4, 0.5) is 5.69 Å². The lowest BCUT2D eigenvalue weighted by molar-refractivity contribution is -0.124. The number of anilines is 1. The molecule has 5 nitrogen and oxygen atoms in total. The van der Waals surface area contributed by atoms with Gasteiger partial charge in [0, 0.05) is 22.9 Å². The van der Waals surface area contributed by atoms with E-state index in [-0.39, 0.29) is 35.3 Å². The van der Waals surface area contributed by atoms with Crippen molar-refractivity contribution < 1.29 is 14.3 Å². The van der Waals surface area contributed by atoms with Gasteiger partial charge in [-0.25, -0.2) is 4.79 Å². The highest BCUT2D eigenvalue weighted by atomic mass is 32.1. The Morgan fingerprint density at radius 3 is 2.20 bits per heavy atom. The number of hydrogen-bond acceptors (Lipinski definition) is 5. The summed E-state index contributed by atoms with van der Waals surface area (Å²) in [5.74, 6) is 0.564. The molecule has 1 aromatic heterocycles. The third-order valence-corrected chi connectivity index (χ3v) is 8.32. The van der Waals surface area contributed by atoms with Crippen LogP contribution in [0.1, 0.15) is 93.6 Å². The maximum atomic E-state index is 13.9. The van der Waals surface area contributed by atoms with Gasteiger partial charge in [0.05, 0.1) is 12.8 Å². The van der Waals surface area contributed by atoms with Gasteiger partial charge < -0.3 is 15.4 Å². The molecule has 3 rings (SSSR count). The van der Waals surface area contributed by atoms with E-state index in [4.69, 9.17) is 10.5 Å². The van der Waals surface area contributed by atoms with E-state index in [1.54, 1.807) is 0 Å². The zero-order chi connectivity index (χ0) is 22.1. The van der Waals surface area contributed by atoms with E-state index < -0.39 is 0 Å². The summed E-state index contributed by atoms with van der Waals surface area (Å²) in [6.45, 7) is 8.68. The van der Waals surface area contributed by atoms with Crippen molar-refractivity contribution in [2.45, 2.75) is 96.6 Å². The Hall–Kier alpha value is -1.40. The summed E-state index contributed by atoms with van der Waals surface area (Å²) >= 11 is 1.46. The lowest BCUT2D eigenvalue weighted by Gasteiger charge is -2.39. The molecule has 1 amide bonds. The van der Waals surface area contributed by atoms with Crippen LogP contribution in [0.15, 0.2) is 6.07 Å². The molecule has 2 N–H and O–H groups in total. The van der Waals surface area contributed by atoms with Crippen molar-refractivity contribution in [1.82, 2.24) is 0 Å². The summed E-state index contributed by atoms with van der Waals surface area (Å²) < 4.78 is 5.11. The number of nitrogens with two attached hydrogens (primary N) is 1. The number of carbonyl (C=O) groups is 2. The number of ether oxygens (including phenoxy) is 1. The summed E-state index contributed by atoms with van der Waals surface area (Å²) in [6.07, 6.45) is 7.68. The van der Waals surface area contributed by atoms with E-state index >= 15 is 0 Å². The quantitative estimate of drug-likeness (QED) is 0.656. The van der Waals surface area contributed by atoms with Gasteiger partial charge in [-0.2, -0.15) is 0 Å². The number of hydrogen-bond donors (Lipinski definition) is 1. The first-order valence-electron chi connectivity index (χ1n) is 11.4. The summed E-state index contributed by atoms with van der Waals surface area (Å²) in [4.78, 5) is 30.2. The Morgan fingerprint density at radius 2 is 1.67 bits per heavy atom. The van der Waals surface area contributed by atoms with E-state index in [9.17, 15) is 9.59 Å². The largest absolute Gasteiger partial charge is 0.465 e. The van der Waals surface area contributed by atoms with E-state index in [1.807, 2.05) is 4.90 Å². The second kappa shape index (κ2) is 9.39. The molecule has 2 aliphatic rings. The van der Waals surface area contributed by atoms with E-state index in [1.165, 1.54) is 18.4 Å². The van der Waals surface area contributed by atoms with Gasteiger partial charge in [-0.3, -0.25) is 4.79 Å². The summed E-state index contributed by atoms with van der Waals surface area (Å²) in [7, 11) is 1.41. The molecular formula is C24H38N2O3S. The smallest absolute Gasteiger partial charge is 0.350 e. The van der Waals surface area contributed by atoms with Gasteiger partial charge in [-0.15, -0.1) is 11.3 Å². The van der Waals surface area contributed by atoms with Crippen LogP contribution in [0.5, 0.6) is 0 Å². The van der Waals surface area contributed by atoms with Crippen molar-refractivity contribution in [1.29, 1.82) is 0 Å². The van der Waals surface area contributed by atoms with Gasteiger partial charge in [0.25, 0.3) is 0 Å². The molecule has 2 fully saturated rings. The fourth-order valence-electron chi connectivity index (χ4n) is 4.73. The van der Waals surface area contributed by atoms with Crippen molar-refractivity contribution >= 4 is 28.9 Å². The van der Waals surface area contributed by atoms with E-state index in [2.05, 4.69) is 33.8 Å². The highest BCUT2D eigenvalue weighted by Gasteiger charge is 2.38. The van der Waals surface area contributed by atoms with Crippen LogP contribution in [0.3, 0.4) is 0 Å². The number of carbonyl (C=O) groups excluding carboxylic acids is 2. The highest BCUT2D eigenvalue weighted by molar-refractivity contribution is 7.14. The molecule has 168 valence electrons. The predicted octanol–water partition coefficient (Wildman–Crippen LogP) is 5.26. The number of nitrogens with zero attached hydrogens (tertiary/aromatic N) is 1. The van der Waals surface area contributed by atoms with Crippen molar-refractivity contribution in [2.75, 3.05) is 12.0 Å². The minimum absolute atomic E-state index is 0.0419. The fraction of sp³-hybridized carbons (Fsp3) is 0.750. The topological polar surface area (TPSA) is 72.6 Å². The average molecular weight is 435 g/mol. The lowest BCUT2D eigenvalue weighted by atomic mass is 9.81. The Balaban J connectivity index is 2.02. The molecule has 2 aliphatic carbocycles. The molecule has 30 heavy (non-hydrogen) atoms.